The fourth-order valence-electron chi connectivity index (χ4n) is 3.15. The Balaban J connectivity index is 1.84. The second-order valence-electron chi connectivity index (χ2n) is 6.13. The van der Waals surface area contributed by atoms with Crippen molar-refractivity contribution in [1.29, 1.82) is 0 Å². The van der Waals surface area contributed by atoms with Crippen LogP contribution in [0.4, 0.5) is 0 Å². The molecule has 1 unspecified atom stereocenters. The molecule has 4 rings (SSSR count). The third-order valence-corrected chi connectivity index (χ3v) is 4.55. The van der Waals surface area contributed by atoms with E-state index >= 15 is 0 Å². The fourth-order valence-corrected chi connectivity index (χ4v) is 3.15. The van der Waals surface area contributed by atoms with Crippen molar-refractivity contribution in [2.45, 2.75) is 5.60 Å². The summed E-state index contributed by atoms with van der Waals surface area (Å²) in [5.41, 5.74) is 7.22. The number of carbonyl (C=O) groups excluding carboxylic acids is 1. The largest absolute Gasteiger partial charge is 0.372 e. The zero-order valence-electron chi connectivity index (χ0n) is 13.9. The third kappa shape index (κ3) is 2.55. The van der Waals surface area contributed by atoms with Crippen LogP contribution in [0.15, 0.2) is 85.3 Å². The molecule has 0 aliphatic heterocycles. The molecule has 2 heterocycles. The molecule has 1 amide bonds. The summed E-state index contributed by atoms with van der Waals surface area (Å²) in [5.74, 6) is -0.814. The molecule has 0 saturated heterocycles. The maximum Gasteiger partial charge on any atom is 0.258 e. The maximum atomic E-state index is 12.2. The van der Waals surface area contributed by atoms with E-state index in [-0.39, 0.29) is 0 Å². The Morgan fingerprint density at radius 1 is 0.962 bits per heavy atom. The predicted molar refractivity (Wildman–Crippen MR) is 99.3 cm³/mol. The Hall–Kier alpha value is -3.44. The van der Waals surface area contributed by atoms with Crippen molar-refractivity contribution in [3.8, 4) is 11.1 Å². The van der Waals surface area contributed by atoms with E-state index in [4.69, 9.17) is 5.73 Å². The molecule has 1 atom stereocenters. The molecule has 5 nitrogen and oxygen atoms in total. The molecule has 3 N–H and O–H groups in total. The summed E-state index contributed by atoms with van der Waals surface area (Å²) in [6.45, 7) is 0. The Labute approximate surface area is 150 Å². The first-order chi connectivity index (χ1) is 12.6. The molecule has 0 aliphatic rings. The highest BCUT2D eigenvalue weighted by Crippen LogP contribution is 2.32. The number of hydrogen-bond acceptors (Lipinski definition) is 3. The van der Waals surface area contributed by atoms with Gasteiger partial charge < -0.3 is 15.2 Å². The average Bonchev–Trinajstić information content (AvgIpc) is 3.15. The lowest BCUT2D eigenvalue weighted by molar-refractivity contribution is -0.133. The minimum Gasteiger partial charge on any atom is -0.372 e. The van der Waals surface area contributed by atoms with E-state index in [1.165, 1.54) is 0 Å². The minimum absolute atomic E-state index is 0.430. The minimum atomic E-state index is -1.89. The number of aromatic nitrogens is 2. The van der Waals surface area contributed by atoms with E-state index < -0.39 is 11.5 Å². The lowest BCUT2D eigenvalue weighted by Gasteiger charge is -2.26. The summed E-state index contributed by atoms with van der Waals surface area (Å²) in [6.07, 6.45) is 5.55. The van der Waals surface area contributed by atoms with Crippen molar-refractivity contribution in [2.75, 3.05) is 0 Å². The number of nitrogens with two attached hydrogens (primary N) is 1. The van der Waals surface area contributed by atoms with Gasteiger partial charge in [-0.05, 0) is 40.5 Å². The van der Waals surface area contributed by atoms with E-state index in [9.17, 15) is 9.90 Å². The van der Waals surface area contributed by atoms with Gasteiger partial charge in [-0.25, -0.2) is 4.98 Å². The fraction of sp³-hybridized carbons (Fsp3) is 0.0476. The zero-order chi connectivity index (χ0) is 18.1. The van der Waals surface area contributed by atoms with Gasteiger partial charge in [-0.2, -0.15) is 0 Å². The van der Waals surface area contributed by atoms with Gasteiger partial charge in [0, 0.05) is 18.6 Å². The molecule has 26 heavy (non-hydrogen) atoms. The van der Waals surface area contributed by atoms with E-state index in [0.29, 0.717) is 11.1 Å². The summed E-state index contributed by atoms with van der Waals surface area (Å²) in [5, 5.41) is 11.2. The van der Waals surface area contributed by atoms with Gasteiger partial charge in [-0.3, -0.25) is 4.79 Å². The van der Waals surface area contributed by atoms with Crippen LogP contribution in [-0.2, 0) is 10.4 Å². The molecule has 0 bridgehead atoms. The van der Waals surface area contributed by atoms with Crippen LogP contribution in [0.1, 0.15) is 11.1 Å². The zero-order valence-corrected chi connectivity index (χ0v) is 13.9. The summed E-state index contributed by atoms with van der Waals surface area (Å²) in [6, 6.07) is 19.8. The molecule has 0 spiro atoms. The monoisotopic (exact) mass is 343 g/mol. The Bertz CT molecular complexity index is 1090. The number of primary amides is 1. The molecule has 4 aromatic rings. The smallest absolute Gasteiger partial charge is 0.258 e. The molecule has 0 saturated carbocycles. The normalized spacial score (nSPS) is 13.4. The quantitative estimate of drug-likeness (QED) is 0.598. The number of nitrogens with zero attached hydrogens (tertiary/aromatic N) is 2. The molecular weight excluding hydrogens is 326 g/mol. The van der Waals surface area contributed by atoms with Crippen LogP contribution in [0, 0.1) is 0 Å². The van der Waals surface area contributed by atoms with Crippen LogP contribution >= 0.6 is 0 Å². The van der Waals surface area contributed by atoms with Gasteiger partial charge in [-0.1, -0.05) is 48.5 Å². The standard InChI is InChI=1S/C21H17N3O2/c22-20(25)21(26,17-6-2-1-3-7-17)18-8-4-5-15(13-18)16-9-10-19-23-11-12-24(19)14-16/h1-14,26H,(H2,22,25). The van der Waals surface area contributed by atoms with Crippen LogP contribution in [-0.4, -0.2) is 20.4 Å². The van der Waals surface area contributed by atoms with Gasteiger partial charge in [0.05, 0.1) is 0 Å². The molecule has 2 aromatic carbocycles. The maximum absolute atomic E-state index is 12.2. The summed E-state index contributed by atoms with van der Waals surface area (Å²) in [4.78, 5) is 16.4. The van der Waals surface area contributed by atoms with Crippen LogP contribution in [0.3, 0.4) is 0 Å². The highest BCUT2D eigenvalue weighted by Gasteiger charge is 2.38. The topological polar surface area (TPSA) is 80.6 Å². The van der Waals surface area contributed by atoms with Gasteiger partial charge in [-0.15, -0.1) is 0 Å². The van der Waals surface area contributed by atoms with Gasteiger partial charge >= 0.3 is 0 Å². The van der Waals surface area contributed by atoms with E-state index in [0.717, 1.165) is 16.8 Å². The van der Waals surface area contributed by atoms with Crippen LogP contribution in [0.25, 0.3) is 16.8 Å². The van der Waals surface area contributed by atoms with Crippen molar-refractivity contribution >= 4 is 11.6 Å². The number of aliphatic hydroxyl groups is 1. The lowest BCUT2D eigenvalue weighted by atomic mass is 9.84. The van der Waals surface area contributed by atoms with Crippen LogP contribution in [0.5, 0.6) is 0 Å². The van der Waals surface area contributed by atoms with E-state index in [2.05, 4.69) is 4.98 Å². The number of pyridine rings is 1. The van der Waals surface area contributed by atoms with Crippen molar-refractivity contribution in [2.24, 2.45) is 5.73 Å². The van der Waals surface area contributed by atoms with Gasteiger partial charge in [0.15, 0.2) is 5.60 Å². The SMILES string of the molecule is NC(=O)C(O)(c1ccccc1)c1cccc(-c2ccc3nccn3c2)c1. The van der Waals surface area contributed by atoms with Crippen LogP contribution < -0.4 is 5.73 Å². The summed E-state index contributed by atoms with van der Waals surface area (Å²) in [7, 11) is 0. The number of amides is 1. The number of carbonyl (C=O) groups is 1. The predicted octanol–water partition coefficient (Wildman–Crippen LogP) is 2.72. The number of hydrogen-bond donors (Lipinski definition) is 2. The third-order valence-electron chi connectivity index (χ3n) is 4.55. The van der Waals surface area contributed by atoms with E-state index in [1.807, 2.05) is 41.1 Å². The molecule has 128 valence electrons. The highest BCUT2D eigenvalue weighted by molar-refractivity contribution is 5.89. The Morgan fingerprint density at radius 2 is 1.73 bits per heavy atom. The van der Waals surface area contributed by atoms with Crippen LogP contribution in [0.2, 0.25) is 0 Å². The first kappa shape index (κ1) is 16.1. The number of benzene rings is 2. The Morgan fingerprint density at radius 3 is 2.50 bits per heavy atom. The van der Waals surface area contributed by atoms with Crippen molar-refractivity contribution < 1.29 is 9.90 Å². The van der Waals surface area contributed by atoms with E-state index in [1.54, 1.807) is 48.7 Å². The van der Waals surface area contributed by atoms with Crippen molar-refractivity contribution in [3.05, 3.63) is 96.4 Å². The number of rotatable bonds is 4. The van der Waals surface area contributed by atoms with Crippen molar-refractivity contribution in [1.82, 2.24) is 9.38 Å². The van der Waals surface area contributed by atoms with Crippen molar-refractivity contribution in [3.63, 3.8) is 0 Å². The second kappa shape index (κ2) is 6.13. The second-order valence-corrected chi connectivity index (χ2v) is 6.13. The average molecular weight is 343 g/mol. The summed E-state index contributed by atoms with van der Waals surface area (Å²) < 4.78 is 1.92. The molecular formula is C21H17N3O2. The first-order valence-electron chi connectivity index (χ1n) is 8.20. The summed E-state index contributed by atoms with van der Waals surface area (Å²) >= 11 is 0. The van der Waals surface area contributed by atoms with Gasteiger partial charge in [0.1, 0.15) is 5.65 Å². The van der Waals surface area contributed by atoms with Gasteiger partial charge in [0.25, 0.3) is 5.91 Å². The first-order valence-corrected chi connectivity index (χ1v) is 8.20. The molecule has 0 radical (unpaired) electrons. The van der Waals surface area contributed by atoms with Gasteiger partial charge in [0.2, 0.25) is 0 Å². The molecule has 5 heteroatoms. The molecule has 2 aromatic heterocycles. The highest BCUT2D eigenvalue weighted by atomic mass is 16.3. The molecule has 0 fully saturated rings. The molecule has 0 aliphatic carbocycles. The number of imidazole rings is 1. The Kier molecular flexibility index (Phi) is 3.78. The lowest BCUT2D eigenvalue weighted by Crippen LogP contribution is -2.42. The number of fused-ring (bicyclic) bond motifs is 1.